The van der Waals surface area contributed by atoms with Crippen molar-refractivity contribution < 1.29 is 14.0 Å². The van der Waals surface area contributed by atoms with Gasteiger partial charge in [0.05, 0.1) is 5.75 Å². The normalized spacial score (nSPS) is 11.9. The van der Waals surface area contributed by atoms with Crippen molar-refractivity contribution in [2.24, 2.45) is 0 Å². The van der Waals surface area contributed by atoms with Crippen molar-refractivity contribution in [3.8, 4) is 0 Å². The van der Waals surface area contributed by atoms with E-state index in [2.05, 4.69) is 5.32 Å². The first-order valence-electron chi connectivity index (χ1n) is 10.3. The minimum Gasteiger partial charge on any atom is -0.352 e. The molecule has 1 atom stereocenters. The molecule has 2 amide bonds. The quantitative estimate of drug-likeness (QED) is 0.594. The fraction of sp³-hybridized carbons (Fsp3) is 0.417. The lowest BCUT2D eigenvalue weighted by Crippen LogP contribution is -2.50. The molecule has 2 aromatic carbocycles. The Morgan fingerprint density at radius 3 is 2.20 bits per heavy atom. The Bertz CT molecular complexity index is 822. The molecule has 30 heavy (non-hydrogen) atoms. The number of hydrogen-bond donors (Lipinski definition) is 1. The van der Waals surface area contributed by atoms with Crippen molar-refractivity contribution in [2.75, 3.05) is 5.75 Å². The highest BCUT2D eigenvalue weighted by Gasteiger charge is 2.28. The lowest BCUT2D eigenvalue weighted by molar-refractivity contribution is -0.139. The van der Waals surface area contributed by atoms with Gasteiger partial charge in [0.25, 0.3) is 0 Å². The number of carbonyl (C=O) groups is 2. The van der Waals surface area contributed by atoms with Gasteiger partial charge in [0.15, 0.2) is 0 Å². The summed E-state index contributed by atoms with van der Waals surface area (Å²) >= 11 is 1.47. The molecule has 0 aliphatic rings. The molecule has 6 heteroatoms. The summed E-state index contributed by atoms with van der Waals surface area (Å²) in [5.74, 6) is 0.393. The molecule has 2 aromatic rings. The number of carbonyl (C=O) groups excluding carboxylic acids is 2. The van der Waals surface area contributed by atoms with Crippen LogP contribution in [0, 0.1) is 12.7 Å². The van der Waals surface area contributed by atoms with Crippen LogP contribution in [0.2, 0.25) is 0 Å². The summed E-state index contributed by atoms with van der Waals surface area (Å²) < 4.78 is 13.1. The van der Waals surface area contributed by atoms with Crippen LogP contribution in [0.1, 0.15) is 43.9 Å². The standard InChI is InChI=1S/C24H31FN2O2S/c1-5-22(24(29)26-17(2)3)27(14-19-8-6-18(4)7-9-19)23(28)16-30-15-20-10-12-21(25)13-11-20/h6-13,17,22H,5,14-16H2,1-4H3,(H,26,29)/t22-/m0/s1. The number of nitrogens with zero attached hydrogens (tertiary/aromatic N) is 1. The number of aryl methyl sites for hydroxylation is 1. The molecule has 0 aromatic heterocycles. The van der Waals surface area contributed by atoms with Gasteiger partial charge in [-0.2, -0.15) is 0 Å². The molecule has 1 N–H and O–H groups in total. The molecular formula is C24H31FN2O2S. The first kappa shape index (κ1) is 23.9. The van der Waals surface area contributed by atoms with Crippen molar-refractivity contribution in [3.63, 3.8) is 0 Å². The summed E-state index contributed by atoms with van der Waals surface area (Å²) in [5.41, 5.74) is 3.10. The Kier molecular flexibility index (Phi) is 9.37. The molecule has 0 aliphatic heterocycles. The summed E-state index contributed by atoms with van der Waals surface area (Å²) in [4.78, 5) is 27.5. The first-order valence-corrected chi connectivity index (χ1v) is 11.4. The molecule has 0 saturated heterocycles. The van der Waals surface area contributed by atoms with E-state index in [1.165, 1.54) is 23.9 Å². The van der Waals surface area contributed by atoms with E-state index in [1.54, 1.807) is 17.0 Å². The van der Waals surface area contributed by atoms with Crippen molar-refractivity contribution in [3.05, 3.63) is 71.0 Å². The van der Waals surface area contributed by atoms with Crippen LogP contribution in [0.4, 0.5) is 4.39 Å². The second-order valence-electron chi connectivity index (χ2n) is 7.71. The summed E-state index contributed by atoms with van der Waals surface area (Å²) in [6.45, 7) is 8.15. The maximum atomic E-state index is 13.1. The third-order valence-corrected chi connectivity index (χ3v) is 5.69. The summed E-state index contributed by atoms with van der Waals surface area (Å²) in [7, 11) is 0. The number of thioether (sulfide) groups is 1. The number of nitrogens with one attached hydrogen (secondary N) is 1. The Labute approximate surface area is 183 Å². The molecule has 0 aliphatic carbocycles. The molecule has 4 nitrogen and oxygen atoms in total. The van der Waals surface area contributed by atoms with Gasteiger partial charge in [0, 0.05) is 18.3 Å². The van der Waals surface area contributed by atoms with E-state index in [0.717, 1.165) is 16.7 Å². The van der Waals surface area contributed by atoms with E-state index in [9.17, 15) is 14.0 Å². The number of benzene rings is 2. The van der Waals surface area contributed by atoms with Gasteiger partial charge in [-0.25, -0.2) is 4.39 Å². The molecule has 0 radical (unpaired) electrons. The highest BCUT2D eigenvalue weighted by Crippen LogP contribution is 2.18. The van der Waals surface area contributed by atoms with E-state index in [4.69, 9.17) is 0 Å². The van der Waals surface area contributed by atoms with E-state index in [1.807, 2.05) is 52.0 Å². The van der Waals surface area contributed by atoms with E-state index in [-0.39, 0.29) is 29.4 Å². The first-order chi connectivity index (χ1) is 14.3. The summed E-state index contributed by atoms with van der Waals surface area (Å²) in [6, 6.07) is 13.8. The highest BCUT2D eigenvalue weighted by atomic mass is 32.2. The molecule has 0 bridgehead atoms. The van der Waals surface area contributed by atoms with Crippen LogP contribution in [-0.4, -0.2) is 34.6 Å². The highest BCUT2D eigenvalue weighted by molar-refractivity contribution is 7.99. The molecule has 0 spiro atoms. The fourth-order valence-corrected chi connectivity index (χ4v) is 3.98. The number of hydrogen-bond acceptors (Lipinski definition) is 3. The fourth-order valence-electron chi connectivity index (χ4n) is 3.11. The smallest absolute Gasteiger partial charge is 0.243 e. The van der Waals surface area contributed by atoms with Crippen molar-refractivity contribution in [1.82, 2.24) is 10.2 Å². The minimum absolute atomic E-state index is 0.00993. The van der Waals surface area contributed by atoms with Crippen molar-refractivity contribution >= 4 is 23.6 Å². The molecule has 162 valence electrons. The third kappa shape index (κ3) is 7.48. The molecule has 0 fully saturated rings. The van der Waals surface area contributed by atoms with Gasteiger partial charge < -0.3 is 10.2 Å². The summed E-state index contributed by atoms with van der Waals surface area (Å²) in [5, 5.41) is 2.94. The van der Waals surface area contributed by atoms with Crippen LogP contribution >= 0.6 is 11.8 Å². The predicted octanol–water partition coefficient (Wildman–Crippen LogP) is 4.70. The van der Waals surface area contributed by atoms with Gasteiger partial charge in [-0.3, -0.25) is 9.59 Å². The Hall–Kier alpha value is -2.34. The zero-order chi connectivity index (χ0) is 22.1. The third-order valence-electron chi connectivity index (χ3n) is 4.70. The lowest BCUT2D eigenvalue weighted by atomic mass is 10.1. The van der Waals surface area contributed by atoms with Crippen LogP contribution in [0.25, 0.3) is 0 Å². The molecular weight excluding hydrogens is 399 g/mol. The molecule has 0 saturated carbocycles. The number of amides is 2. The van der Waals surface area contributed by atoms with Gasteiger partial charge in [0.1, 0.15) is 11.9 Å². The van der Waals surface area contributed by atoms with Crippen LogP contribution in [-0.2, 0) is 21.9 Å². The maximum absolute atomic E-state index is 13.1. The van der Waals surface area contributed by atoms with Crippen molar-refractivity contribution in [1.29, 1.82) is 0 Å². The average molecular weight is 431 g/mol. The molecule has 0 heterocycles. The largest absolute Gasteiger partial charge is 0.352 e. The van der Waals surface area contributed by atoms with Crippen LogP contribution in [0.3, 0.4) is 0 Å². The van der Waals surface area contributed by atoms with E-state index >= 15 is 0 Å². The Morgan fingerprint density at radius 1 is 1.03 bits per heavy atom. The second kappa shape index (κ2) is 11.7. The van der Waals surface area contributed by atoms with E-state index < -0.39 is 6.04 Å². The average Bonchev–Trinajstić information content (AvgIpc) is 2.70. The van der Waals surface area contributed by atoms with Gasteiger partial charge >= 0.3 is 0 Å². The lowest BCUT2D eigenvalue weighted by Gasteiger charge is -2.31. The number of halogens is 1. The van der Waals surface area contributed by atoms with Gasteiger partial charge in [-0.1, -0.05) is 48.9 Å². The Morgan fingerprint density at radius 2 is 1.63 bits per heavy atom. The van der Waals surface area contributed by atoms with Gasteiger partial charge in [0.2, 0.25) is 11.8 Å². The molecule has 0 unspecified atom stereocenters. The zero-order valence-corrected chi connectivity index (χ0v) is 19.0. The van der Waals surface area contributed by atoms with Crippen LogP contribution in [0.15, 0.2) is 48.5 Å². The maximum Gasteiger partial charge on any atom is 0.243 e. The second-order valence-corrected chi connectivity index (χ2v) is 8.70. The van der Waals surface area contributed by atoms with Gasteiger partial charge in [-0.05, 0) is 50.5 Å². The topological polar surface area (TPSA) is 49.4 Å². The van der Waals surface area contributed by atoms with E-state index in [0.29, 0.717) is 18.7 Å². The van der Waals surface area contributed by atoms with Crippen LogP contribution < -0.4 is 5.32 Å². The Balaban J connectivity index is 2.11. The molecule has 2 rings (SSSR count). The minimum atomic E-state index is -0.521. The summed E-state index contributed by atoms with van der Waals surface area (Å²) in [6.07, 6.45) is 0.540. The van der Waals surface area contributed by atoms with Gasteiger partial charge in [-0.15, -0.1) is 11.8 Å². The van der Waals surface area contributed by atoms with Crippen molar-refractivity contribution in [2.45, 2.75) is 58.5 Å². The predicted molar refractivity (Wildman–Crippen MR) is 122 cm³/mol. The SMILES string of the molecule is CC[C@@H](C(=O)NC(C)C)N(Cc1ccc(C)cc1)C(=O)CSCc1ccc(F)cc1. The monoisotopic (exact) mass is 430 g/mol. The van der Waals surface area contributed by atoms with Crippen LogP contribution in [0.5, 0.6) is 0 Å². The zero-order valence-electron chi connectivity index (χ0n) is 18.2. The number of rotatable bonds is 10.